The van der Waals surface area contributed by atoms with Crippen LogP contribution in [0.2, 0.25) is 0 Å². The predicted molar refractivity (Wildman–Crippen MR) is 87.0 cm³/mol. The van der Waals surface area contributed by atoms with Crippen molar-refractivity contribution in [1.82, 2.24) is 10.6 Å². The number of carbonyl (C=O) groups excluding carboxylic acids is 2. The van der Waals surface area contributed by atoms with Crippen LogP contribution in [0.25, 0.3) is 0 Å². The number of benzene rings is 1. The molecule has 1 aliphatic rings. The molecule has 0 radical (unpaired) electrons. The van der Waals surface area contributed by atoms with Crippen LogP contribution in [0.1, 0.15) is 19.4 Å². The highest BCUT2D eigenvalue weighted by atomic mass is 35.5. The zero-order chi connectivity index (χ0) is 15.2. The Morgan fingerprint density at radius 1 is 1.32 bits per heavy atom. The first kappa shape index (κ1) is 18.4. The van der Waals surface area contributed by atoms with E-state index in [1.807, 2.05) is 31.2 Å². The lowest BCUT2D eigenvalue weighted by Crippen LogP contribution is -2.55. The van der Waals surface area contributed by atoms with E-state index in [1.165, 1.54) is 6.92 Å². The second-order valence-electron chi connectivity index (χ2n) is 5.10. The van der Waals surface area contributed by atoms with Gasteiger partial charge in [0.05, 0.1) is 12.7 Å². The third kappa shape index (κ3) is 5.29. The van der Waals surface area contributed by atoms with Crippen LogP contribution in [0.5, 0.6) is 0 Å². The molecule has 6 nitrogen and oxygen atoms in total. The Hall–Kier alpha value is -1.63. The van der Waals surface area contributed by atoms with E-state index in [9.17, 15) is 9.59 Å². The molecular formula is C15H22ClN3O3. The van der Waals surface area contributed by atoms with E-state index in [4.69, 9.17) is 4.74 Å². The molecule has 2 rings (SSSR count). The van der Waals surface area contributed by atoms with Gasteiger partial charge in [0.2, 0.25) is 11.8 Å². The molecule has 0 aromatic heterocycles. The standard InChI is InChI=1S/C15H21N3O3.ClH/c1-10-14(16-7-8-21-10)15(20)17-9-12-3-5-13(6-4-12)18-11(2)19;/h3-6,10,14,16H,7-9H2,1-2H3,(H,17,20)(H,18,19);1H/t10-,14+;/m1./s1. The molecule has 7 heteroatoms. The number of hydrogen-bond acceptors (Lipinski definition) is 4. The summed E-state index contributed by atoms with van der Waals surface area (Å²) in [7, 11) is 0. The molecule has 0 bridgehead atoms. The molecule has 1 aromatic carbocycles. The van der Waals surface area contributed by atoms with Crippen LogP contribution in [-0.4, -0.2) is 37.1 Å². The number of ether oxygens (including phenoxy) is 1. The largest absolute Gasteiger partial charge is 0.375 e. The lowest BCUT2D eigenvalue weighted by Gasteiger charge is -2.29. The summed E-state index contributed by atoms with van der Waals surface area (Å²) in [6.07, 6.45) is -0.124. The first-order chi connectivity index (χ1) is 10.1. The monoisotopic (exact) mass is 327 g/mol. The van der Waals surface area contributed by atoms with Crippen molar-refractivity contribution in [3.63, 3.8) is 0 Å². The van der Waals surface area contributed by atoms with Crippen molar-refractivity contribution in [2.75, 3.05) is 18.5 Å². The Morgan fingerprint density at radius 3 is 2.59 bits per heavy atom. The van der Waals surface area contributed by atoms with Gasteiger partial charge in [-0.25, -0.2) is 0 Å². The van der Waals surface area contributed by atoms with Crippen molar-refractivity contribution in [1.29, 1.82) is 0 Å². The topological polar surface area (TPSA) is 79.5 Å². The molecule has 0 unspecified atom stereocenters. The molecule has 2 amide bonds. The molecular weight excluding hydrogens is 306 g/mol. The number of hydrogen-bond donors (Lipinski definition) is 3. The van der Waals surface area contributed by atoms with Gasteiger partial charge in [0.15, 0.2) is 0 Å². The third-order valence-electron chi connectivity index (χ3n) is 3.34. The van der Waals surface area contributed by atoms with Crippen LogP contribution in [0.15, 0.2) is 24.3 Å². The highest BCUT2D eigenvalue weighted by molar-refractivity contribution is 5.88. The second-order valence-corrected chi connectivity index (χ2v) is 5.10. The Labute approximate surface area is 136 Å². The normalized spacial score (nSPS) is 20.6. The van der Waals surface area contributed by atoms with Crippen LogP contribution in [0.3, 0.4) is 0 Å². The molecule has 22 heavy (non-hydrogen) atoms. The number of carbonyl (C=O) groups is 2. The summed E-state index contributed by atoms with van der Waals surface area (Å²) in [5.41, 5.74) is 1.72. The van der Waals surface area contributed by atoms with E-state index in [0.717, 1.165) is 11.3 Å². The fourth-order valence-corrected chi connectivity index (χ4v) is 2.24. The minimum absolute atomic E-state index is 0. The van der Waals surface area contributed by atoms with Gasteiger partial charge in [0.25, 0.3) is 0 Å². The number of morpholine rings is 1. The average molecular weight is 328 g/mol. The number of rotatable bonds is 4. The van der Waals surface area contributed by atoms with Gasteiger partial charge in [-0.3, -0.25) is 9.59 Å². The van der Waals surface area contributed by atoms with Gasteiger partial charge in [-0.1, -0.05) is 12.1 Å². The maximum Gasteiger partial charge on any atom is 0.240 e. The minimum atomic E-state index is -0.308. The van der Waals surface area contributed by atoms with E-state index in [-0.39, 0.29) is 36.4 Å². The molecule has 1 aliphatic heterocycles. The van der Waals surface area contributed by atoms with E-state index in [0.29, 0.717) is 19.7 Å². The molecule has 1 aromatic rings. The van der Waals surface area contributed by atoms with E-state index >= 15 is 0 Å². The lowest BCUT2D eigenvalue weighted by atomic mass is 10.1. The maximum atomic E-state index is 12.1. The van der Waals surface area contributed by atoms with Crippen molar-refractivity contribution in [3.8, 4) is 0 Å². The summed E-state index contributed by atoms with van der Waals surface area (Å²) in [6.45, 7) is 5.13. The molecule has 0 saturated carbocycles. The van der Waals surface area contributed by atoms with Crippen molar-refractivity contribution in [2.45, 2.75) is 32.5 Å². The Balaban J connectivity index is 0.00000242. The van der Waals surface area contributed by atoms with Crippen molar-refractivity contribution < 1.29 is 14.3 Å². The third-order valence-corrected chi connectivity index (χ3v) is 3.34. The first-order valence-corrected chi connectivity index (χ1v) is 7.05. The van der Waals surface area contributed by atoms with Gasteiger partial charge in [0, 0.05) is 25.7 Å². The quantitative estimate of drug-likeness (QED) is 0.772. The highest BCUT2D eigenvalue weighted by Gasteiger charge is 2.27. The van der Waals surface area contributed by atoms with Crippen molar-refractivity contribution >= 4 is 29.9 Å². The molecule has 2 atom stereocenters. The second kappa shape index (κ2) is 8.73. The average Bonchev–Trinajstić information content (AvgIpc) is 2.46. The fourth-order valence-electron chi connectivity index (χ4n) is 2.24. The summed E-state index contributed by atoms with van der Waals surface area (Å²) < 4.78 is 5.45. The summed E-state index contributed by atoms with van der Waals surface area (Å²) >= 11 is 0. The summed E-state index contributed by atoms with van der Waals surface area (Å²) in [6, 6.07) is 7.07. The zero-order valence-electron chi connectivity index (χ0n) is 12.7. The molecule has 122 valence electrons. The molecule has 1 fully saturated rings. The first-order valence-electron chi connectivity index (χ1n) is 7.05. The van der Waals surface area contributed by atoms with Gasteiger partial charge in [-0.15, -0.1) is 12.4 Å². The minimum Gasteiger partial charge on any atom is -0.375 e. The van der Waals surface area contributed by atoms with E-state index in [2.05, 4.69) is 16.0 Å². The molecule has 3 N–H and O–H groups in total. The number of amides is 2. The molecule has 1 saturated heterocycles. The van der Waals surface area contributed by atoms with Gasteiger partial charge >= 0.3 is 0 Å². The Kier molecular flexibility index (Phi) is 7.31. The number of nitrogens with one attached hydrogen (secondary N) is 3. The van der Waals surface area contributed by atoms with Crippen LogP contribution in [0.4, 0.5) is 5.69 Å². The van der Waals surface area contributed by atoms with Gasteiger partial charge in [-0.05, 0) is 24.6 Å². The Bertz CT molecular complexity index is 507. The van der Waals surface area contributed by atoms with Crippen LogP contribution < -0.4 is 16.0 Å². The van der Waals surface area contributed by atoms with Crippen LogP contribution in [0, 0.1) is 0 Å². The van der Waals surface area contributed by atoms with Crippen molar-refractivity contribution in [2.24, 2.45) is 0 Å². The van der Waals surface area contributed by atoms with E-state index < -0.39 is 0 Å². The SMILES string of the molecule is CC(=O)Nc1ccc(CNC(=O)[C@H]2NCCO[C@@H]2C)cc1.Cl. The summed E-state index contributed by atoms with van der Waals surface area (Å²) in [5, 5.41) is 8.74. The number of anilines is 1. The van der Waals surface area contributed by atoms with Crippen molar-refractivity contribution in [3.05, 3.63) is 29.8 Å². The summed E-state index contributed by atoms with van der Waals surface area (Å²) in [4.78, 5) is 23.0. The number of halogens is 1. The predicted octanol–water partition coefficient (Wildman–Crippen LogP) is 1.06. The molecule has 0 spiro atoms. The highest BCUT2D eigenvalue weighted by Crippen LogP contribution is 2.10. The smallest absolute Gasteiger partial charge is 0.240 e. The van der Waals surface area contributed by atoms with E-state index in [1.54, 1.807) is 0 Å². The Morgan fingerprint density at radius 2 is 2.00 bits per heavy atom. The molecule has 1 heterocycles. The fraction of sp³-hybridized carbons (Fsp3) is 0.467. The van der Waals surface area contributed by atoms with Gasteiger partial charge < -0.3 is 20.7 Å². The van der Waals surface area contributed by atoms with Gasteiger partial charge in [-0.2, -0.15) is 0 Å². The van der Waals surface area contributed by atoms with Gasteiger partial charge in [0.1, 0.15) is 6.04 Å². The summed E-state index contributed by atoms with van der Waals surface area (Å²) in [5.74, 6) is -0.165. The zero-order valence-corrected chi connectivity index (χ0v) is 13.5. The lowest BCUT2D eigenvalue weighted by molar-refractivity contribution is -0.129. The van der Waals surface area contributed by atoms with Crippen LogP contribution >= 0.6 is 12.4 Å². The maximum absolute atomic E-state index is 12.1. The van der Waals surface area contributed by atoms with Crippen LogP contribution in [-0.2, 0) is 20.9 Å². The molecule has 0 aliphatic carbocycles.